The molecular weight excluding hydrogens is 242 g/mol. The van der Waals surface area contributed by atoms with Gasteiger partial charge in [-0.1, -0.05) is 22.8 Å². The largest absolute Gasteiger partial charge is 0.495 e. The van der Waals surface area contributed by atoms with Crippen molar-refractivity contribution in [3.8, 4) is 5.75 Å². The molecule has 1 heterocycles. The number of halogens is 1. The molecule has 4 nitrogen and oxygen atoms in total. The Labute approximate surface area is 103 Å². The summed E-state index contributed by atoms with van der Waals surface area (Å²) in [5.74, 6) is 0.141. The van der Waals surface area contributed by atoms with Crippen molar-refractivity contribution in [3.05, 3.63) is 34.4 Å². The molecule has 0 atom stereocenters. The van der Waals surface area contributed by atoms with Gasteiger partial charge in [-0.05, 0) is 30.7 Å². The number of nitrogens with zero attached hydrogens (tertiary/aromatic N) is 1. The van der Waals surface area contributed by atoms with E-state index in [9.17, 15) is 4.79 Å². The second kappa shape index (κ2) is 4.59. The van der Waals surface area contributed by atoms with Crippen LogP contribution in [0.3, 0.4) is 0 Å². The molecule has 5 heteroatoms. The van der Waals surface area contributed by atoms with Gasteiger partial charge in [-0.15, -0.1) is 0 Å². The maximum absolute atomic E-state index is 11.3. The molecule has 2 rings (SSSR count). The number of benzene rings is 1. The molecule has 0 spiro atoms. The van der Waals surface area contributed by atoms with Crippen molar-refractivity contribution in [1.82, 2.24) is 0 Å². The molecule has 0 bridgehead atoms. The van der Waals surface area contributed by atoms with Crippen molar-refractivity contribution in [2.45, 2.75) is 6.92 Å². The lowest BCUT2D eigenvalue weighted by Gasteiger charge is -2.03. The van der Waals surface area contributed by atoms with Crippen LogP contribution >= 0.6 is 11.6 Å². The summed E-state index contributed by atoms with van der Waals surface area (Å²) in [6.45, 7) is 1.71. The summed E-state index contributed by atoms with van der Waals surface area (Å²) in [4.78, 5) is 15.9. The van der Waals surface area contributed by atoms with Crippen molar-refractivity contribution in [1.29, 1.82) is 0 Å². The summed E-state index contributed by atoms with van der Waals surface area (Å²) in [5, 5.41) is 4.08. The van der Waals surface area contributed by atoms with E-state index in [0.29, 0.717) is 22.1 Å². The van der Waals surface area contributed by atoms with Gasteiger partial charge in [-0.2, -0.15) is 0 Å². The van der Waals surface area contributed by atoms with Crippen LogP contribution in [0, 0.1) is 0 Å². The van der Waals surface area contributed by atoms with Crippen LogP contribution in [-0.2, 0) is 9.63 Å². The monoisotopic (exact) mass is 251 g/mol. The Morgan fingerprint density at radius 2 is 2.24 bits per heavy atom. The third kappa shape index (κ3) is 2.31. The van der Waals surface area contributed by atoms with E-state index < -0.39 is 5.97 Å². The number of carbonyl (C=O) groups is 1. The molecule has 0 amide bonds. The Morgan fingerprint density at radius 3 is 2.76 bits per heavy atom. The highest BCUT2D eigenvalue weighted by Crippen LogP contribution is 2.26. The van der Waals surface area contributed by atoms with E-state index in [1.165, 1.54) is 0 Å². The first-order valence-corrected chi connectivity index (χ1v) is 5.31. The van der Waals surface area contributed by atoms with Crippen LogP contribution in [-0.4, -0.2) is 18.8 Å². The summed E-state index contributed by atoms with van der Waals surface area (Å²) >= 11 is 5.99. The molecule has 88 valence electrons. The first-order valence-electron chi connectivity index (χ1n) is 4.93. The minimum Gasteiger partial charge on any atom is -0.495 e. The van der Waals surface area contributed by atoms with Gasteiger partial charge in [0.05, 0.1) is 23.4 Å². The third-order valence-corrected chi connectivity index (χ3v) is 2.66. The fourth-order valence-corrected chi connectivity index (χ4v) is 1.72. The second-order valence-electron chi connectivity index (χ2n) is 3.51. The lowest BCUT2D eigenvalue weighted by Crippen LogP contribution is -2.01. The predicted molar refractivity (Wildman–Crippen MR) is 65.2 cm³/mol. The summed E-state index contributed by atoms with van der Waals surface area (Å²) in [7, 11) is 1.55. The lowest BCUT2D eigenvalue weighted by atomic mass is 10.1. The van der Waals surface area contributed by atoms with Crippen molar-refractivity contribution in [3.63, 3.8) is 0 Å². The van der Waals surface area contributed by atoms with Crippen LogP contribution in [0.25, 0.3) is 6.08 Å². The predicted octanol–water partition coefficient (Wildman–Crippen LogP) is 2.66. The molecule has 0 unspecified atom stereocenters. The number of carbonyl (C=O) groups excluding carboxylic acids is 1. The lowest BCUT2D eigenvalue weighted by molar-refractivity contribution is -0.136. The first-order chi connectivity index (χ1) is 8.11. The number of ether oxygens (including phenoxy) is 1. The first kappa shape index (κ1) is 11.7. The topological polar surface area (TPSA) is 47.9 Å². The SMILES string of the molecule is COc1ccc(C=C2C(=O)ON=C2C)cc1Cl. The number of oxime groups is 1. The van der Waals surface area contributed by atoms with Crippen molar-refractivity contribution in [2.75, 3.05) is 7.11 Å². The van der Waals surface area contributed by atoms with E-state index in [1.807, 2.05) is 0 Å². The van der Waals surface area contributed by atoms with E-state index in [2.05, 4.69) is 9.99 Å². The van der Waals surface area contributed by atoms with Gasteiger partial charge in [0, 0.05) is 0 Å². The molecule has 1 aromatic carbocycles. The molecule has 0 N–H and O–H groups in total. The third-order valence-electron chi connectivity index (χ3n) is 2.36. The van der Waals surface area contributed by atoms with Gasteiger partial charge in [0.25, 0.3) is 0 Å². The number of hydrogen-bond acceptors (Lipinski definition) is 4. The highest BCUT2D eigenvalue weighted by atomic mass is 35.5. The molecule has 0 fully saturated rings. The zero-order chi connectivity index (χ0) is 12.4. The van der Waals surface area contributed by atoms with Crippen LogP contribution in [0.1, 0.15) is 12.5 Å². The molecule has 1 aromatic rings. The molecular formula is C12H10ClNO3. The summed E-state index contributed by atoms with van der Waals surface area (Å²) in [6.07, 6.45) is 1.68. The summed E-state index contributed by atoms with van der Waals surface area (Å²) < 4.78 is 5.04. The zero-order valence-electron chi connectivity index (χ0n) is 9.36. The van der Waals surface area contributed by atoms with Crippen molar-refractivity contribution >= 4 is 29.4 Å². The zero-order valence-corrected chi connectivity index (χ0v) is 10.1. The molecule has 0 saturated carbocycles. The van der Waals surface area contributed by atoms with Crippen LogP contribution in [0.4, 0.5) is 0 Å². The maximum atomic E-state index is 11.3. The molecule has 1 aliphatic rings. The molecule has 0 aliphatic carbocycles. The maximum Gasteiger partial charge on any atom is 0.367 e. The van der Waals surface area contributed by atoms with Crippen LogP contribution in [0.15, 0.2) is 28.9 Å². The van der Waals surface area contributed by atoms with E-state index >= 15 is 0 Å². The van der Waals surface area contributed by atoms with E-state index in [1.54, 1.807) is 38.3 Å². The normalized spacial score (nSPS) is 17.0. The fourth-order valence-electron chi connectivity index (χ4n) is 1.46. The number of rotatable bonds is 2. The van der Waals surface area contributed by atoms with Gasteiger partial charge >= 0.3 is 5.97 Å². The van der Waals surface area contributed by atoms with Gasteiger partial charge < -0.3 is 9.57 Å². The smallest absolute Gasteiger partial charge is 0.367 e. The van der Waals surface area contributed by atoms with E-state index in [4.69, 9.17) is 16.3 Å². The summed E-state index contributed by atoms with van der Waals surface area (Å²) in [5.41, 5.74) is 1.78. The fraction of sp³-hybridized carbons (Fsp3) is 0.167. The molecule has 1 aliphatic heterocycles. The molecule has 17 heavy (non-hydrogen) atoms. The Morgan fingerprint density at radius 1 is 1.47 bits per heavy atom. The molecule has 0 radical (unpaired) electrons. The molecule has 0 aromatic heterocycles. The van der Waals surface area contributed by atoms with E-state index in [0.717, 1.165) is 5.56 Å². The van der Waals surface area contributed by atoms with Gasteiger partial charge in [0.2, 0.25) is 0 Å². The Bertz CT molecular complexity index is 535. The Hall–Kier alpha value is -1.81. The van der Waals surface area contributed by atoms with Gasteiger partial charge in [-0.25, -0.2) is 4.79 Å². The van der Waals surface area contributed by atoms with Crippen LogP contribution in [0.5, 0.6) is 5.75 Å². The highest BCUT2D eigenvalue weighted by Gasteiger charge is 2.21. The Balaban J connectivity index is 2.36. The highest BCUT2D eigenvalue weighted by molar-refractivity contribution is 6.32. The van der Waals surface area contributed by atoms with E-state index in [-0.39, 0.29) is 0 Å². The number of hydrogen-bond donors (Lipinski definition) is 0. The summed E-state index contributed by atoms with van der Waals surface area (Å²) in [6, 6.07) is 5.25. The van der Waals surface area contributed by atoms with Gasteiger partial charge in [0.15, 0.2) is 0 Å². The van der Waals surface area contributed by atoms with Crippen LogP contribution in [0.2, 0.25) is 5.02 Å². The standard InChI is InChI=1S/C12H10ClNO3/c1-7-9(12(15)17-14-7)5-8-3-4-11(16-2)10(13)6-8/h3-6H,1-2H3. The van der Waals surface area contributed by atoms with Crippen molar-refractivity contribution < 1.29 is 14.4 Å². The average Bonchev–Trinajstić information content (AvgIpc) is 2.61. The quantitative estimate of drug-likeness (QED) is 0.600. The molecule has 0 saturated heterocycles. The van der Waals surface area contributed by atoms with Crippen molar-refractivity contribution in [2.24, 2.45) is 5.16 Å². The average molecular weight is 252 g/mol. The Kier molecular flexibility index (Phi) is 3.15. The number of methoxy groups -OCH3 is 1. The van der Waals surface area contributed by atoms with Gasteiger partial charge in [0.1, 0.15) is 5.75 Å². The van der Waals surface area contributed by atoms with Gasteiger partial charge in [-0.3, -0.25) is 0 Å². The minimum atomic E-state index is -0.450. The second-order valence-corrected chi connectivity index (χ2v) is 3.91. The van der Waals surface area contributed by atoms with Crippen LogP contribution < -0.4 is 4.74 Å². The minimum absolute atomic E-state index is 0.436.